The van der Waals surface area contributed by atoms with Crippen molar-refractivity contribution in [3.05, 3.63) is 58.6 Å². The first kappa shape index (κ1) is 19.8. The van der Waals surface area contributed by atoms with Crippen LogP contribution in [-0.4, -0.2) is 32.5 Å². The number of nitrogens with one attached hydrogen (secondary N) is 1. The average Bonchev–Trinajstić information content (AvgIpc) is 2.66. The van der Waals surface area contributed by atoms with E-state index in [0.717, 1.165) is 17.1 Å². The summed E-state index contributed by atoms with van der Waals surface area (Å²) in [6.07, 6.45) is 0.949. The van der Waals surface area contributed by atoms with Gasteiger partial charge in [0.15, 0.2) is 5.78 Å². The number of rotatable bonds is 9. The van der Waals surface area contributed by atoms with Gasteiger partial charge in [0.25, 0.3) is 0 Å². The van der Waals surface area contributed by atoms with Gasteiger partial charge in [-0.1, -0.05) is 17.7 Å². The lowest BCUT2D eigenvalue weighted by Gasteiger charge is -2.11. The van der Waals surface area contributed by atoms with Crippen molar-refractivity contribution in [1.82, 2.24) is 5.32 Å². The zero-order valence-corrected chi connectivity index (χ0v) is 15.6. The second-order valence-corrected chi connectivity index (χ2v) is 6.14. The summed E-state index contributed by atoms with van der Waals surface area (Å²) >= 11 is 5.80. The van der Waals surface area contributed by atoms with Gasteiger partial charge in [-0.05, 0) is 42.3 Å². The first-order valence-corrected chi connectivity index (χ1v) is 8.67. The van der Waals surface area contributed by atoms with E-state index >= 15 is 0 Å². The van der Waals surface area contributed by atoms with Gasteiger partial charge in [0.1, 0.15) is 11.5 Å². The summed E-state index contributed by atoms with van der Waals surface area (Å²) in [5.41, 5.74) is 1.54. The van der Waals surface area contributed by atoms with Crippen LogP contribution in [0.3, 0.4) is 0 Å². The minimum Gasteiger partial charge on any atom is -0.497 e. The molecule has 0 saturated carbocycles. The van der Waals surface area contributed by atoms with Gasteiger partial charge in [-0.2, -0.15) is 0 Å². The van der Waals surface area contributed by atoms with Gasteiger partial charge >= 0.3 is 0 Å². The number of carbonyl (C=O) groups excluding carboxylic acids is 2. The van der Waals surface area contributed by atoms with E-state index in [1.54, 1.807) is 38.5 Å². The van der Waals surface area contributed by atoms with Crippen LogP contribution in [0.4, 0.5) is 0 Å². The minimum absolute atomic E-state index is 0.0753. The third-order valence-electron chi connectivity index (χ3n) is 3.96. The number of Topliss-reactive ketones (excluding diaryl/α,β-unsaturated/α-hetero) is 1. The van der Waals surface area contributed by atoms with Crippen LogP contribution in [0.1, 0.15) is 28.8 Å². The Kier molecular flexibility index (Phi) is 7.48. The molecule has 0 aromatic heterocycles. The van der Waals surface area contributed by atoms with Crippen LogP contribution < -0.4 is 14.8 Å². The highest BCUT2D eigenvalue weighted by Gasteiger charge is 2.10. The van der Waals surface area contributed by atoms with Crippen LogP contribution in [0.15, 0.2) is 42.5 Å². The molecule has 0 saturated heterocycles. The van der Waals surface area contributed by atoms with E-state index in [-0.39, 0.29) is 24.5 Å². The molecule has 0 spiro atoms. The maximum absolute atomic E-state index is 12.0. The van der Waals surface area contributed by atoms with Gasteiger partial charge in [-0.15, -0.1) is 0 Å². The first-order valence-electron chi connectivity index (χ1n) is 8.30. The fourth-order valence-electron chi connectivity index (χ4n) is 2.49. The quantitative estimate of drug-likeness (QED) is 0.679. The summed E-state index contributed by atoms with van der Waals surface area (Å²) < 4.78 is 10.5. The molecule has 6 heteroatoms. The molecule has 0 bridgehead atoms. The van der Waals surface area contributed by atoms with Crippen molar-refractivity contribution in [2.45, 2.75) is 19.3 Å². The van der Waals surface area contributed by atoms with E-state index in [0.29, 0.717) is 23.6 Å². The van der Waals surface area contributed by atoms with Gasteiger partial charge < -0.3 is 14.8 Å². The largest absolute Gasteiger partial charge is 0.497 e. The molecule has 2 rings (SSSR count). The van der Waals surface area contributed by atoms with Crippen LogP contribution in [0, 0.1) is 0 Å². The minimum atomic E-state index is -0.153. The Balaban J connectivity index is 1.77. The van der Waals surface area contributed by atoms with Crippen molar-refractivity contribution in [3.63, 3.8) is 0 Å². The predicted octanol–water partition coefficient (Wildman–Crippen LogP) is 3.68. The molecule has 0 aliphatic heterocycles. The lowest BCUT2D eigenvalue weighted by Crippen LogP contribution is -2.26. The van der Waals surface area contributed by atoms with Crippen LogP contribution in [0.25, 0.3) is 0 Å². The van der Waals surface area contributed by atoms with Crippen molar-refractivity contribution in [2.24, 2.45) is 0 Å². The molecule has 2 aromatic carbocycles. The Hall–Kier alpha value is -2.53. The maximum Gasteiger partial charge on any atom is 0.220 e. The van der Waals surface area contributed by atoms with Gasteiger partial charge in [0.05, 0.1) is 14.2 Å². The number of methoxy groups -OCH3 is 2. The number of carbonyl (C=O) groups is 2. The Morgan fingerprint density at radius 1 is 1.00 bits per heavy atom. The lowest BCUT2D eigenvalue weighted by molar-refractivity contribution is -0.121. The number of hydrogen-bond donors (Lipinski definition) is 1. The molecule has 1 amide bonds. The zero-order valence-electron chi connectivity index (χ0n) is 14.9. The molecule has 0 heterocycles. The highest BCUT2D eigenvalue weighted by atomic mass is 35.5. The zero-order chi connectivity index (χ0) is 18.9. The van der Waals surface area contributed by atoms with Crippen molar-refractivity contribution in [1.29, 1.82) is 0 Å². The second kappa shape index (κ2) is 9.82. The highest BCUT2D eigenvalue weighted by Crippen LogP contribution is 2.24. The van der Waals surface area contributed by atoms with E-state index in [1.165, 1.54) is 0 Å². The summed E-state index contributed by atoms with van der Waals surface area (Å²) in [4.78, 5) is 24.0. The number of amides is 1. The molecule has 0 aliphatic rings. The Morgan fingerprint density at radius 3 is 2.38 bits per heavy atom. The molecule has 1 N–H and O–H groups in total. The molecule has 138 valence electrons. The summed E-state index contributed by atoms with van der Waals surface area (Å²) in [6, 6.07) is 12.2. The van der Waals surface area contributed by atoms with Gasteiger partial charge in [0.2, 0.25) is 5.91 Å². The Morgan fingerprint density at radius 2 is 1.73 bits per heavy atom. The standard InChI is InChI=1S/C20H22ClNO4/c1-25-17-8-5-15(19(13-17)26-2)11-12-22-20(24)10-9-18(23)14-3-6-16(21)7-4-14/h3-8,13H,9-12H2,1-2H3,(H,22,24). The van der Waals surface area contributed by atoms with Crippen LogP contribution in [0.2, 0.25) is 5.02 Å². The lowest BCUT2D eigenvalue weighted by atomic mass is 10.1. The Labute approximate surface area is 158 Å². The van der Waals surface area contributed by atoms with Crippen molar-refractivity contribution in [2.75, 3.05) is 20.8 Å². The molecule has 5 nitrogen and oxygen atoms in total. The summed E-state index contributed by atoms with van der Waals surface area (Å²) in [5, 5.41) is 3.41. The van der Waals surface area contributed by atoms with Crippen LogP contribution >= 0.6 is 11.6 Å². The van der Waals surface area contributed by atoms with E-state index < -0.39 is 0 Å². The smallest absolute Gasteiger partial charge is 0.220 e. The molecule has 0 unspecified atom stereocenters. The first-order chi connectivity index (χ1) is 12.5. The van der Waals surface area contributed by atoms with E-state index in [2.05, 4.69) is 5.32 Å². The molecule has 26 heavy (non-hydrogen) atoms. The fraction of sp³-hybridized carbons (Fsp3) is 0.300. The number of hydrogen-bond acceptors (Lipinski definition) is 4. The third-order valence-corrected chi connectivity index (χ3v) is 4.21. The van der Waals surface area contributed by atoms with Crippen LogP contribution in [-0.2, 0) is 11.2 Å². The topological polar surface area (TPSA) is 64.6 Å². The van der Waals surface area contributed by atoms with Crippen molar-refractivity contribution >= 4 is 23.3 Å². The number of benzene rings is 2. The van der Waals surface area contributed by atoms with Gasteiger partial charge in [0, 0.05) is 36.0 Å². The van der Waals surface area contributed by atoms with Gasteiger partial charge in [-0.25, -0.2) is 0 Å². The number of ketones is 1. The van der Waals surface area contributed by atoms with Crippen molar-refractivity contribution in [3.8, 4) is 11.5 Å². The molecule has 0 fully saturated rings. The molecule has 0 radical (unpaired) electrons. The highest BCUT2D eigenvalue weighted by molar-refractivity contribution is 6.30. The molecular weight excluding hydrogens is 354 g/mol. The molecule has 0 atom stereocenters. The van der Waals surface area contributed by atoms with E-state index in [1.807, 2.05) is 18.2 Å². The normalized spacial score (nSPS) is 10.3. The summed E-state index contributed by atoms with van der Waals surface area (Å²) in [7, 11) is 3.19. The predicted molar refractivity (Wildman–Crippen MR) is 101 cm³/mol. The van der Waals surface area contributed by atoms with Gasteiger partial charge in [-0.3, -0.25) is 9.59 Å². The SMILES string of the molecule is COc1ccc(CCNC(=O)CCC(=O)c2ccc(Cl)cc2)c(OC)c1. The van der Waals surface area contributed by atoms with Crippen molar-refractivity contribution < 1.29 is 19.1 Å². The summed E-state index contributed by atoms with van der Waals surface area (Å²) in [5.74, 6) is 1.21. The molecular formula is C20H22ClNO4. The van der Waals surface area contributed by atoms with E-state index in [4.69, 9.17) is 21.1 Å². The monoisotopic (exact) mass is 375 g/mol. The van der Waals surface area contributed by atoms with Crippen LogP contribution in [0.5, 0.6) is 11.5 Å². The number of ether oxygens (including phenoxy) is 2. The average molecular weight is 376 g/mol. The number of halogens is 1. The third kappa shape index (κ3) is 5.77. The molecule has 2 aromatic rings. The fourth-order valence-corrected chi connectivity index (χ4v) is 2.62. The summed E-state index contributed by atoms with van der Waals surface area (Å²) in [6.45, 7) is 0.469. The van der Waals surface area contributed by atoms with E-state index in [9.17, 15) is 9.59 Å². The Bertz CT molecular complexity index is 759. The maximum atomic E-state index is 12.0. The molecule has 0 aliphatic carbocycles. The second-order valence-electron chi connectivity index (χ2n) is 5.71.